The molecule has 0 amide bonds. The van der Waals surface area contributed by atoms with Crippen LogP contribution in [0.1, 0.15) is 85.0 Å². The van der Waals surface area contributed by atoms with E-state index in [0.717, 1.165) is 36.7 Å². The maximum Gasteiger partial charge on any atom is 0.0784 e. The van der Waals surface area contributed by atoms with Gasteiger partial charge in [-0.05, 0) is 86.5 Å². The first-order chi connectivity index (χ1) is 13.0. The predicted octanol–water partition coefficient (Wildman–Crippen LogP) is 7.15. The summed E-state index contributed by atoms with van der Waals surface area (Å²) < 4.78 is 0. The number of aliphatic hydroxyl groups is 1. The van der Waals surface area contributed by atoms with Crippen LogP contribution in [0.15, 0.2) is 47.6 Å². The lowest BCUT2D eigenvalue weighted by molar-refractivity contribution is 0.112. The summed E-state index contributed by atoms with van der Waals surface area (Å²) in [4.78, 5) is 0. The number of hydrogen-bond acceptors (Lipinski definition) is 1. The average molecular weight is 369 g/mol. The molecule has 3 saturated carbocycles. The molecule has 0 bridgehead atoms. The second-order valence-electron chi connectivity index (χ2n) is 9.62. The first kappa shape index (κ1) is 20.6. The number of allylic oxidation sites excluding steroid dienone is 5. The monoisotopic (exact) mass is 368 g/mol. The summed E-state index contributed by atoms with van der Waals surface area (Å²) in [6.07, 6.45) is 21.4. The van der Waals surface area contributed by atoms with Crippen LogP contribution in [0.2, 0.25) is 0 Å². The van der Waals surface area contributed by atoms with E-state index in [1.807, 2.05) is 0 Å². The van der Waals surface area contributed by atoms with Gasteiger partial charge in [0, 0.05) is 0 Å². The fourth-order valence-electron chi connectivity index (χ4n) is 6.11. The Balaban J connectivity index is 1.72. The largest absolute Gasteiger partial charge is 0.388 e. The molecule has 150 valence electrons. The van der Waals surface area contributed by atoms with Gasteiger partial charge in [0.15, 0.2) is 0 Å². The Morgan fingerprint density at radius 3 is 2.78 bits per heavy atom. The maximum absolute atomic E-state index is 10.1. The summed E-state index contributed by atoms with van der Waals surface area (Å²) in [6.45, 7) is 11.3. The molecule has 3 aliphatic rings. The van der Waals surface area contributed by atoms with Crippen molar-refractivity contribution in [2.75, 3.05) is 0 Å². The fourth-order valence-corrected chi connectivity index (χ4v) is 6.11. The lowest BCUT2D eigenvalue weighted by Crippen LogP contribution is -2.35. The molecule has 1 heteroatoms. The van der Waals surface area contributed by atoms with Gasteiger partial charge in [-0.3, -0.25) is 0 Å². The Hall–Kier alpha value is -1.08. The van der Waals surface area contributed by atoms with Crippen molar-refractivity contribution in [1.29, 1.82) is 0 Å². The number of unbranched alkanes of at least 4 members (excludes halogenated alkanes) is 1. The van der Waals surface area contributed by atoms with E-state index in [1.165, 1.54) is 50.5 Å². The van der Waals surface area contributed by atoms with Crippen molar-refractivity contribution in [1.82, 2.24) is 0 Å². The molecule has 0 saturated heterocycles. The van der Waals surface area contributed by atoms with Crippen molar-refractivity contribution >= 4 is 0 Å². The lowest BCUT2D eigenvalue weighted by atomic mass is 9.61. The molecule has 0 aliphatic heterocycles. The van der Waals surface area contributed by atoms with E-state index in [-0.39, 0.29) is 6.10 Å². The Labute approximate surface area is 167 Å². The zero-order chi connectivity index (χ0) is 19.4. The van der Waals surface area contributed by atoms with Crippen LogP contribution in [0.3, 0.4) is 0 Å². The molecule has 3 aliphatic carbocycles. The Morgan fingerprint density at radius 2 is 2.04 bits per heavy atom. The van der Waals surface area contributed by atoms with E-state index < -0.39 is 0 Å². The molecule has 5 atom stereocenters. The molecule has 0 aromatic carbocycles. The van der Waals surface area contributed by atoms with E-state index in [9.17, 15) is 5.11 Å². The standard InChI is InChI=1S/C26H40O/c1-5-6-7-9-19(2)23-15-16-24-22(10-8-17-26(23,24)4)14-13-21-12-11-20(3)25(27)18-21/h7,9,13-14,19,23-25,27H,3,5-6,8,10-12,15-18H2,1-2,4H3/b9-7+,21-13-,22-14+/t19-,23?,24?,25-,26-/m1/s1. The number of hydrogen-bond donors (Lipinski definition) is 1. The van der Waals surface area contributed by atoms with E-state index in [1.54, 1.807) is 5.57 Å². The third-order valence-corrected chi connectivity index (χ3v) is 7.79. The van der Waals surface area contributed by atoms with Crippen molar-refractivity contribution in [3.8, 4) is 0 Å². The van der Waals surface area contributed by atoms with Gasteiger partial charge in [0.2, 0.25) is 0 Å². The molecule has 0 aromatic heterocycles. The van der Waals surface area contributed by atoms with E-state index in [2.05, 4.69) is 51.7 Å². The molecule has 3 rings (SSSR count). The molecule has 0 radical (unpaired) electrons. The number of aliphatic hydroxyl groups excluding tert-OH is 1. The quantitative estimate of drug-likeness (QED) is 0.511. The first-order valence-electron chi connectivity index (χ1n) is 11.4. The Kier molecular flexibility index (Phi) is 6.84. The van der Waals surface area contributed by atoms with Crippen LogP contribution in [-0.4, -0.2) is 11.2 Å². The van der Waals surface area contributed by atoms with Crippen LogP contribution >= 0.6 is 0 Å². The molecular formula is C26H40O. The second kappa shape index (κ2) is 8.95. The molecule has 1 N–H and O–H groups in total. The molecule has 0 spiro atoms. The van der Waals surface area contributed by atoms with Gasteiger partial charge in [0.1, 0.15) is 0 Å². The van der Waals surface area contributed by atoms with Crippen molar-refractivity contribution in [2.45, 2.75) is 91.1 Å². The summed E-state index contributed by atoms with van der Waals surface area (Å²) >= 11 is 0. The minimum absolute atomic E-state index is 0.327. The minimum atomic E-state index is -0.327. The fraction of sp³-hybridized carbons (Fsp3) is 0.692. The van der Waals surface area contributed by atoms with Gasteiger partial charge in [-0.1, -0.05) is 69.2 Å². The van der Waals surface area contributed by atoms with Crippen molar-refractivity contribution in [3.63, 3.8) is 0 Å². The first-order valence-corrected chi connectivity index (χ1v) is 11.4. The SMILES string of the molecule is C=C1CC/C(=C/C=C2\CCC[C@@]3(C)C2CCC3[C@H](C)/C=C/CCC)C[C@H]1O. The topological polar surface area (TPSA) is 20.2 Å². The normalized spacial score (nSPS) is 38.7. The molecule has 1 nitrogen and oxygen atoms in total. The lowest BCUT2D eigenvalue weighted by Gasteiger charge is -2.44. The average Bonchev–Trinajstić information content (AvgIpc) is 3.00. The summed E-state index contributed by atoms with van der Waals surface area (Å²) in [5.41, 5.74) is 4.56. The van der Waals surface area contributed by atoms with Crippen LogP contribution in [-0.2, 0) is 0 Å². The van der Waals surface area contributed by atoms with Gasteiger partial charge < -0.3 is 5.11 Å². The third-order valence-electron chi connectivity index (χ3n) is 7.79. The van der Waals surface area contributed by atoms with Gasteiger partial charge in [-0.25, -0.2) is 0 Å². The van der Waals surface area contributed by atoms with Gasteiger partial charge in [0.25, 0.3) is 0 Å². The van der Waals surface area contributed by atoms with Crippen LogP contribution in [0, 0.1) is 23.2 Å². The van der Waals surface area contributed by atoms with Crippen LogP contribution in [0.4, 0.5) is 0 Å². The Bertz CT molecular complexity index is 622. The van der Waals surface area contributed by atoms with Gasteiger partial charge >= 0.3 is 0 Å². The molecule has 0 heterocycles. The zero-order valence-corrected chi connectivity index (χ0v) is 17.8. The molecule has 2 unspecified atom stereocenters. The van der Waals surface area contributed by atoms with E-state index in [4.69, 9.17) is 0 Å². The smallest absolute Gasteiger partial charge is 0.0784 e. The molecule has 3 fully saturated rings. The summed E-state index contributed by atoms with van der Waals surface area (Å²) in [7, 11) is 0. The summed E-state index contributed by atoms with van der Waals surface area (Å²) in [6, 6.07) is 0. The highest BCUT2D eigenvalue weighted by Crippen LogP contribution is 2.59. The highest BCUT2D eigenvalue weighted by Gasteiger charge is 2.50. The van der Waals surface area contributed by atoms with Crippen molar-refractivity contribution in [3.05, 3.63) is 47.6 Å². The van der Waals surface area contributed by atoms with Crippen LogP contribution in [0.5, 0.6) is 0 Å². The molecular weight excluding hydrogens is 328 g/mol. The summed E-state index contributed by atoms with van der Waals surface area (Å²) in [5, 5.41) is 10.1. The van der Waals surface area contributed by atoms with Gasteiger partial charge in [-0.15, -0.1) is 0 Å². The van der Waals surface area contributed by atoms with Gasteiger partial charge in [-0.2, -0.15) is 0 Å². The van der Waals surface area contributed by atoms with Crippen molar-refractivity contribution in [2.24, 2.45) is 23.2 Å². The van der Waals surface area contributed by atoms with Crippen LogP contribution in [0.25, 0.3) is 0 Å². The minimum Gasteiger partial charge on any atom is -0.388 e. The highest BCUT2D eigenvalue weighted by molar-refractivity contribution is 5.28. The maximum atomic E-state index is 10.1. The summed E-state index contributed by atoms with van der Waals surface area (Å²) in [5.74, 6) is 2.29. The number of fused-ring (bicyclic) bond motifs is 1. The third kappa shape index (κ3) is 4.50. The number of rotatable bonds is 5. The van der Waals surface area contributed by atoms with Crippen LogP contribution < -0.4 is 0 Å². The molecule has 27 heavy (non-hydrogen) atoms. The second-order valence-corrected chi connectivity index (χ2v) is 9.62. The predicted molar refractivity (Wildman–Crippen MR) is 117 cm³/mol. The highest BCUT2D eigenvalue weighted by atomic mass is 16.3. The van der Waals surface area contributed by atoms with Gasteiger partial charge in [0.05, 0.1) is 6.10 Å². The molecule has 0 aromatic rings. The van der Waals surface area contributed by atoms with E-state index in [0.29, 0.717) is 11.3 Å². The Morgan fingerprint density at radius 1 is 1.22 bits per heavy atom. The zero-order valence-electron chi connectivity index (χ0n) is 17.8. The van der Waals surface area contributed by atoms with Crippen molar-refractivity contribution < 1.29 is 5.11 Å². The van der Waals surface area contributed by atoms with E-state index >= 15 is 0 Å².